The van der Waals surface area contributed by atoms with E-state index in [0.717, 1.165) is 32.1 Å². The Bertz CT molecular complexity index is 362. The van der Waals surface area contributed by atoms with Gasteiger partial charge in [0.05, 0.1) is 12.7 Å². The third-order valence-electron chi connectivity index (χ3n) is 3.44. The van der Waals surface area contributed by atoms with Crippen molar-refractivity contribution in [2.24, 2.45) is 0 Å². The minimum atomic E-state index is 0.517. The number of hydrogen-bond donors (Lipinski definition) is 1. The molecule has 19 heavy (non-hydrogen) atoms. The van der Waals surface area contributed by atoms with Gasteiger partial charge in [0.15, 0.2) is 0 Å². The highest BCUT2D eigenvalue weighted by atomic mass is 16.5. The third kappa shape index (κ3) is 5.21. The second kappa shape index (κ2) is 8.18. The Hall–Kier alpha value is -1.06. The molecule has 3 nitrogen and oxygen atoms in total. The Morgan fingerprint density at radius 2 is 2.37 bits per heavy atom. The van der Waals surface area contributed by atoms with Crippen LogP contribution in [0.5, 0.6) is 5.75 Å². The maximum Gasteiger partial charge on any atom is 0.119 e. The van der Waals surface area contributed by atoms with Gasteiger partial charge in [-0.25, -0.2) is 0 Å². The van der Waals surface area contributed by atoms with Gasteiger partial charge in [0.1, 0.15) is 5.75 Å². The van der Waals surface area contributed by atoms with E-state index < -0.39 is 0 Å². The first-order valence-electron chi connectivity index (χ1n) is 7.42. The number of benzene rings is 1. The van der Waals surface area contributed by atoms with Crippen LogP contribution in [-0.4, -0.2) is 25.9 Å². The van der Waals surface area contributed by atoms with Crippen molar-refractivity contribution < 1.29 is 9.47 Å². The van der Waals surface area contributed by atoms with Crippen molar-refractivity contribution >= 4 is 0 Å². The zero-order valence-electron chi connectivity index (χ0n) is 11.9. The predicted octanol–water partition coefficient (Wildman–Crippen LogP) is 3.13. The van der Waals surface area contributed by atoms with Gasteiger partial charge in [-0.05, 0) is 56.8 Å². The summed E-state index contributed by atoms with van der Waals surface area (Å²) < 4.78 is 11.1. The molecular weight excluding hydrogens is 238 g/mol. The summed E-state index contributed by atoms with van der Waals surface area (Å²) >= 11 is 0. The SMILES string of the molecule is CCOc1cccc(CNCCCC2CCCO2)c1. The molecule has 106 valence electrons. The topological polar surface area (TPSA) is 30.5 Å². The Kier molecular flexibility index (Phi) is 6.18. The van der Waals surface area contributed by atoms with Crippen LogP contribution in [0.15, 0.2) is 24.3 Å². The molecule has 1 atom stereocenters. The van der Waals surface area contributed by atoms with E-state index in [9.17, 15) is 0 Å². The lowest BCUT2D eigenvalue weighted by Gasteiger charge is -2.10. The first-order valence-corrected chi connectivity index (χ1v) is 7.42. The van der Waals surface area contributed by atoms with Gasteiger partial charge in [-0.15, -0.1) is 0 Å². The number of ether oxygens (including phenoxy) is 2. The molecule has 0 amide bonds. The molecule has 1 heterocycles. The van der Waals surface area contributed by atoms with Crippen LogP contribution in [-0.2, 0) is 11.3 Å². The molecule has 1 aromatic rings. The molecule has 3 heteroatoms. The molecule has 2 rings (SSSR count). The highest BCUT2D eigenvalue weighted by Crippen LogP contribution is 2.16. The van der Waals surface area contributed by atoms with E-state index in [-0.39, 0.29) is 0 Å². The normalized spacial score (nSPS) is 18.7. The lowest BCUT2D eigenvalue weighted by molar-refractivity contribution is 0.102. The second-order valence-corrected chi connectivity index (χ2v) is 5.03. The Morgan fingerprint density at radius 1 is 1.42 bits per heavy atom. The summed E-state index contributed by atoms with van der Waals surface area (Å²) in [5.74, 6) is 0.959. The van der Waals surface area contributed by atoms with Gasteiger partial charge in [0.25, 0.3) is 0 Å². The van der Waals surface area contributed by atoms with Crippen LogP contribution in [0.3, 0.4) is 0 Å². The van der Waals surface area contributed by atoms with Crippen molar-refractivity contribution in [3.05, 3.63) is 29.8 Å². The van der Waals surface area contributed by atoms with Crippen molar-refractivity contribution in [1.82, 2.24) is 5.32 Å². The van der Waals surface area contributed by atoms with Crippen LogP contribution in [0, 0.1) is 0 Å². The summed E-state index contributed by atoms with van der Waals surface area (Å²) in [6.07, 6.45) is 5.38. The van der Waals surface area contributed by atoms with Crippen molar-refractivity contribution in [2.75, 3.05) is 19.8 Å². The number of rotatable bonds is 8. The van der Waals surface area contributed by atoms with Gasteiger partial charge in [-0.1, -0.05) is 12.1 Å². The van der Waals surface area contributed by atoms with E-state index in [0.29, 0.717) is 6.10 Å². The molecule has 1 unspecified atom stereocenters. The monoisotopic (exact) mass is 263 g/mol. The molecule has 1 N–H and O–H groups in total. The molecule has 1 aliphatic rings. The van der Waals surface area contributed by atoms with Gasteiger partial charge in [0, 0.05) is 13.2 Å². The molecule has 1 aromatic carbocycles. The van der Waals surface area contributed by atoms with E-state index in [4.69, 9.17) is 9.47 Å². The molecule has 0 aliphatic carbocycles. The average Bonchev–Trinajstić information content (AvgIpc) is 2.92. The second-order valence-electron chi connectivity index (χ2n) is 5.03. The van der Waals surface area contributed by atoms with E-state index in [2.05, 4.69) is 17.4 Å². The van der Waals surface area contributed by atoms with Gasteiger partial charge in [0.2, 0.25) is 0 Å². The van der Waals surface area contributed by atoms with Crippen LogP contribution in [0.4, 0.5) is 0 Å². The quantitative estimate of drug-likeness (QED) is 0.731. The minimum absolute atomic E-state index is 0.517. The van der Waals surface area contributed by atoms with Crippen molar-refractivity contribution in [1.29, 1.82) is 0 Å². The molecular formula is C16H25NO2. The molecule has 0 radical (unpaired) electrons. The minimum Gasteiger partial charge on any atom is -0.494 e. The maximum atomic E-state index is 5.62. The van der Waals surface area contributed by atoms with E-state index >= 15 is 0 Å². The fourth-order valence-corrected chi connectivity index (χ4v) is 2.47. The zero-order valence-corrected chi connectivity index (χ0v) is 11.9. The van der Waals surface area contributed by atoms with E-state index in [1.54, 1.807) is 0 Å². The summed E-state index contributed by atoms with van der Waals surface area (Å²) in [5, 5.41) is 3.48. The first-order chi connectivity index (χ1) is 9.38. The fourth-order valence-electron chi connectivity index (χ4n) is 2.47. The smallest absolute Gasteiger partial charge is 0.119 e. The summed E-state index contributed by atoms with van der Waals surface area (Å²) in [5.41, 5.74) is 1.28. The van der Waals surface area contributed by atoms with Crippen molar-refractivity contribution in [2.45, 2.75) is 45.3 Å². The highest BCUT2D eigenvalue weighted by Gasteiger charge is 2.14. The summed E-state index contributed by atoms with van der Waals surface area (Å²) in [7, 11) is 0. The maximum absolute atomic E-state index is 5.62. The van der Waals surface area contributed by atoms with Crippen molar-refractivity contribution in [3.8, 4) is 5.75 Å². The summed E-state index contributed by atoms with van der Waals surface area (Å²) in [6, 6.07) is 8.30. The Balaban J connectivity index is 1.60. The lowest BCUT2D eigenvalue weighted by atomic mass is 10.1. The van der Waals surface area contributed by atoms with Gasteiger partial charge in [-0.3, -0.25) is 0 Å². The molecule has 0 aromatic heterocycles. The van der Waals surface area contributed by atoms with E-state index in [1.807, 2.05) is 19.1 Å². The van der Waals surface area contributed by atoms with Crippen LogP contribution in [0.25, 0.3) is 0 Å². The first kappa shape index (κ1) is 14.4. The number of hydrogen-bond acceptors (Lipinski definition) is 3. The molecule has 0 bridgehead atoms. The van der Waals surface area contributed by atoms with Crippen LogP contribution < -0.4 is 10.1 Å². The largest absolute Gasteiger partial charge is 0.494 e. The van der Waals surface area contributed by atoms with Crippen molar-refractivity contribution in [3.63, 3.8) is 0 Å². The molecule has 0 spiro atoms. The highest BCUT2D eigenvalue weighted by molar-refractivity contribution is 5.28. The van der Waals surface area contributed by atoms with E-state index in [1.165, 1.54) is 31.2 Å². The Labute approximate surface area is 116 Å². The average molecular weight is 263 g/mol. The van der Waals surface area contributed by atoms with Gasteiger partial charge < -0.3 is 14.8 Å². The predicted molar refractivity (Wildman–Crippen MR) is 77.5 cm³/mol. The van der Waals surface area contributed by atoms with Gasteiger partial charge in [-0.2, -0.15) is 0 Å². The molecule has 1 fully saturated rings. The molecule has 1 aliphatic heterocycles. The fraction of sp³-hybridized carbons (Fsp3) is 0.625. The Morgan fingerprint density at radius 3 is 3.16 bits per heavy atom. The third-order valence-corrected chi connectivity index (χ3v) is 3.44. The summed E-state index contributed by atoms with van der Waals surface area (Å²) in [4.78, 5) is 0. The van der Waals surface area contributed by atoms with Gasteiger partial charge >= 0.3 is 0 Å². The van der Waals surface area contributed by atoms with Crippen LogP contribution in [0.2, 0.25) is 0 Å². The zero-order chi connectivity index (χ0) is 13.3. The summed E-state index contributed by atoms with van der Waals surface area (Å²) in [6.45, 7) is 5.65. The van der Waals surface area contributed by atoms with Crippen LogP contribution in [0.1, 0.15) is 38.2 Å². The number of nitrogens with one attached hydrogen (secondary N) is 1. The van der Waals surface area contributed by atoms with Crippen LogP contribution >= 0.6 is 0 Å². The molecule has 1 saturated heterocycles. The molecule has 0 saturated carbocycles. The lowest BCUT2D eigenvalue weighted by Crippen LogP contribution is -2.16. The standard InChI is InChI=1S/C16H25NO2/c1-2-18-16-7-3-6-14(12-16)13-17-10-4-8-15-9-5-11-19-15/h3,6-7,12,15,17H,2,4-5,8-11,13H2,1H3.